The molecule has 2 unspecified atom stereocenters. The number of carbonyl (C=O) groups excluding carboxylic acids is 1. The summed E-state index contributed by atoms with van der Waals surface area (Å²) in [6.45, 7) is 4.10. The summed E-state index contributed by atoms with van der Waals surface area (Å²) in [6, 6.07) is 13.8. The number of amides is 1. The Bertz CT molecular complexity index is 1240. The normalized spacial score (nSPS) is 18.8. The molecule has 14 heteroatoms. The van der Waals surface area contributed by atoms with Crippen molar-refractivity contribution in [3.05, 3.63) is 60.2 Å². The van der Waals surface area contributed by atoms with E-state index in [1.165, 1.54) is 28.6 Å². The van der Waals surface area contributed by atoms with Crippen molar-refractivity contribution in [3.8, 4) is 0 Å². The van der Waals surface area contributed by atoms with Crippen molar-refractivity contribution < 1.29 is 41.2 Å². The van der Waals surface area contributed by atoms with Gasteiger partial charge in [-0.15, -0.1) is 0 Å². The van der Waals surface area contributed by atoms with Gasteiger partial charge in [-0.3, -0.25) is 9.05 Å². The molecule has 1 saturated heterocycles. The number of ether oxygens (including phenoxy) is 2. The van der Waals surface area contributed by atoms with Crippen LogP contribution in [0, 0.1) is 5.92 Å². The van der Waals surface area contributed by atoms with Gasteiger partial charge in [0.2, 0.25) is 10.0 Å². The number of anilines is 1. The van der Waals surface area contributed by atoms with Crippen molar-refractivity contribution in [1.29, 1.82) is 0 Å². The van der Waals surface area contributed by atoms with E-state index in [0.717, 1.165) is 12.7 Å². The van der Waals surface area contributed by atoms with E-state index in [2.05, 4.69) is 9.84 Å². The van der Waals surface area contributed by atoms with Gasteiger partial charge in [0, 0.05) is 32.3 Å². The summed E-state index contributed by atoms with van der Waals surface area (Å²) in [6.07, 6.45) is -1.86. The van der Waals surface area contributed by atoms with Crippen molar-refractivity contribution in [2.75, 3.05) is 39.1 Å². The Labute approximate surface area is 235 Å². The zero-order valence-corrected chi connectivity index (χ0v) is 24.6. The van der Waals surface area contributed by atoms with Gasteiger partial charge in [-0.25, -0.2) is 17.8 Å². The molecule has 0 radical (unpaired) electrons. The summed E-state index contributed by atoms with van der Waals surface area (Å²) < 4.78 is 62.2. The molecule has 0 spiro atoms. The number of carbonyl (C=O) groups is 1. The Balaban J connectivity index is 1.98. The van der Waals surface area contributed by atoms with E-state index in [4.69, 9.17) is 19.7 Å². The number of nitrogens with two attached hydrogens (primary N) is 1. The van der Waals surface area contributed by atoms with Crippen LogP contribution in [0.5, 0.6) is 0 Å². The Hall–Kier alpha value is -2.51. The van der Waals surface area contributed by atoms with Crippen LogP contribution in [0.1, 0.15) is 25.8 Å². The lowest BCUT2D eigenvalue weighted by Crippen LogP contribution is -2.52. The van der Waals surface area contributed by atoms with E-state index in [1.807, 2.05) is 32.0 Å². The van der Waals surface area contributed by atoms with Crippen molar-refractivity contribution in [1.82, 2.24) is 9.62 Å². The van der Waals surface area contributed by atoms with Gasteiger partial charge >= 0.3 is 13.9 Å². The number of sulfonamides is 1. The summed E-state index contributed by atoms with van der Waals surface area (Å²) in [4.78, 5) is 23.2. The number of alkyl carbamates (subject to hydrolysis) is 1. The van der Waals surface area contributed by atoms with Gasteiger partial charge in [-0.1, -0.05) is 44.2 Å². The SMILES string of the molecule is COP(=O)(O)O[C@H](CN(CC(C)C)S(=O)(=O)c1ccc(N)cc1)C(Cc1ccccc1)NC(=O)O[C@H]1CCOC1. The molecule has 1 aliphatic heterocycles. The Kier molecular flexibility index (Phi) is 11.5. The quantitative estimate of drug-likeness (QED) is 0.217. The van der Waals surface area contributed by atoms with Crippen LogP contribution in [0.25, 0.3) is 0 Å². The first-order chi connectivity index (χ1) is 18.9. The Morgan fingerprint density at radius 3 is 2.42 bits per heavy atom. The van der Waals surface area contributed by atoms with Gasteiger partial charge in [-0.2, -0.15) is 4.31 Å². The third-order valence-electron chi connectivity index (χ3n) is 6.18. The van der Waals surface area contributed by atoms with Gasteiger partial charge in [0.05, 0.1) is 24.2 Å². The smallest absolute Gasteiger partial charge is 0.444 e. The fourth-order valence-corrected chi connectivity index (χ4v) is 6.46. The minimum Gasteiger partial charge on any atom is -0.444 e. The Morgan fingerprint density at radius 1 is 1.18 bits per heavy atom. The molecule has 2 aromatic rings. The van der Waals surface area contributed by atoms with E-state index in [-0.39, 0.29) is 36.9 Å². The lowest BCUT2D eigenvalue weighted by molar-refractivity contribution is 0.0569. The molecule has 1 heterocycles. The van der Waals surface area contributed by atoms with Crippen LogP contribution in [0.2, 0.25) is 0 Å². The number of benzene rings is 2. The molecule has 2 aromatic carbocycles. The van der Waals surface area contributed by atoms with Crippen molar-refractivity contribution >= 4 is 29.6 Å². The maximum absolute atomic E-state index is 13.7. The molecule has 12 nitrogen and oxygen atoms in total. The van der Waals surface area contributed by atoms with E-state index < -0.39 is 42.2 Å². The lowest BCUT2D eigenvalue weighted by Gasteiger charge is -2.33. The standard InChI is InChI=1S/C26H38N3O9PS/c1-19(2)16-29(40(33,34)23-11-9-21(27)10-12-23)17-25(38-39(31,32)35-3)24(15-20-7-5-4-6-8-20)28-26(30)37-22-13-14-36-18-22/h4-12,19,22,24-25H,13-18,27H2,1-3H3,(H,28,30)(H,31,32)/t22-,24?,25+/m0/s1. The van der Waals surface area contributed by atoms with Crippen molar-refractivity contribution in [3.63, 3.8) is 0 Å². The maximum atomic E-state index is 13.7. The van der Waals surface area contributed by atoms with E-state index in [1.54, 1.807) is 12.1 Å². The number of nitrogens with zero attached hydrogens (tertiary/aromatic N) is 1. The average Bonchev–Trinajstić information content (AvgIpc) is 3.41. The zero-order chi connectivity index (χ0) is 29.3. The van der Waals surface area contributed by atoms with Gasteiger partial charge in [0.25, 0.3) is 0 Å². The number of nitrogens with one attached hydrogen (secondary N) is 1. The predicted molar refractivity (Wildman–Crippen MR) is 149 cm³/mol. The fraction of sp³-hybridized carbons (Fsp3) is 0.500. The molecule has 0 bridgehead atoms. The van der Waals surface area contributed by atoms with E-state index >= 15 is 0 Å². The molecule has 4 N–H and O–H groups in total. The monoisotopic (exact) mass is 599 g/mol. The van der Waals surface area contributed by atoms with Gasteiger partial charge in [0.15, 0.2) is 0 Å². The second-order valence-electron chi connectivity index (χ2n) is 9.91. The number of phosphoric ester groups is 1. The number of hydrogen-bond donors (Lipinski definition) is 3. The summed E-state index contributed by atoms with van der Waals surface area (Å²) in [5.74, 6) is -0.111. The molecule has 1 fully saturated rings. The zero-order valence-electron chi connectivity index (χ0n) is 22.8. The third-order valence-corrected chi connectivity index (χ3v) is 9.03. The van der Waals surface area contributed by atoms with E-state index in [0.29, 0.717) is 18.7 Å². The highest BCUT2D eigenvalue weighted by Gasteiger charge is 2.38. The largest absolute Gasteiger partial charge is 0.472 e. The molecule has 0 aliphatic carbocycles. The van der Waals surface area contributed by atoms with Crippen LogP contribution in [0.3, 0.4) is 0 Å². The summed E-state index contributed by atoms with van der Waals surface area (Å²) in [5.41, 5.74) is 6.92. The molecule has 1 amide bonds. The fourth-order valence-electron chi connectivity index (χ4n) is 4.20. The molecule has 0 aromatic heterocycles. The molecule has 4 atom stereocenters. The summed E-state index contributed by atoms with van der Waals surface area (Å²) in [5, 5.41) is 2.73. The predicted octanol–water partition coefficient (Wildman–Crippen LogP) is 3.17. The summed E-state index contributed by atoms with van der Waals surface area (Å²) in [7, 11) is -7.73. The topological polar surface area (TPSA) is 167 Å². The first-order valence-electron chi connectivity index (χ1n) is 12.9. The number of hydrogen-bond acceptors (Lipinski definition) is 9. The highest BCUT2D eigenvalue weighted by Crippen LogP contribution is 2.44. The second kappa shape index (κ2) is 14.4. The highest BCUT2D eigenvalue weighted by atomic mass is 32.2. The first kappa shape index (κ1) is 32.0. The molecule has 40 heavy (non-hydrogen) atoms. The van der Waals surface area contributed by atoms with Gasteiger partial charge < -0.3 is 25.4 Å². The van der Waals surface area contributed by atoms with Crippen molar-refractivity contribution in [2.24, 2.45) is 5.92 Å². The van der Waals surface area contributed by atoms with Crippen LogP contribution in [0.4, 0.5) is 10.5 Å². The molecule has 1 aliphatic rings. The van der Waals surface area contributed by atoms with Crippen LogP contribution in [-0.4, -0.2) is 75.4 Å². The second-order valence-corrected chi connectivity index (χ2v) is 13.4. The van der Waals surface area contributed by atoms with Crippen LogP contribution in [0.15, 0.2) is 59.5 Å². The minimum atomic E-state index is -4.63. The lowest BCUT2D eigenvalue weighted by atomic mass is 10.0. The highest BCUT2D eigenvalue weighted by molar-refractivity contribution is 7.89. The first-order valence-corrected chi connectivity index (χ1v) is 15.8. The van der Waals surface area contributed by atoms with Gasteiger partial charge in [-0.05, 0) is 42.2 Å². The van der Waals surface area contributed by atoms with Crippen LogP contribution in [-0.2, 0) is 39.5 Å². The number of phosphoric acid groups is 1. The molecule has 0 saturated carbocycles. The van der Waals surface area contributed by atoms with E-state index in [9.17, 15) is 22.7 Å². The van der Waals surface area contributed by atoms with Crippen molar-refractivity contribution in [2.45, 2.75) is 49.8 Å². The third kappa shape index (κ3) is 9.55. The molecule has 222 valence electrons. The molecular formula is C26H38N3O9PS. The summed E-state index contributed by atoms with van der Waals surface area (Å²) >= 11 is 0. The van der Waals surface area contributed by atoms with Crippen LogP contribution < -0.4 is 11.1 Å². The molecule has 3 rings (SSSR count). The Morgan fingerprint density at radius 2 is 1.85 bits per heavy atom. The number of nitrogen functional groups attached to an aromatic ring is 1. The average molecular weight is 600 g/mol. The number of rotatable bonds is 14. The van der Waals surface area contributed by atoms with Crippen LogP contribution >= 0.6 is 7.82 Å². The molecular weight excluding hydrogens is 561 g/mol. The maximum Gasteiger partial charge on any atom is 0.472 e. The minimum absolute atomic E-state index is 0.00626. The van der Waals surface area contributed by atoms with Gasteiger partial charge in [0.1, 0.15) is 12.2 Å².